The molecule has 4 rings (SSSR count). The van der Waals surface area contributed by atoms with E-state index in [0.29, 0.717) is 19.4 Å². The highest BCUT2D eigenvalue weighted by molar-refractivity contribution is 5.94. The Bertz CT molecular complexity index is 1090. The SMILES string of the molecule is Cc1ccc(C2(C)CCN([C@H](Cc3ccc(-c4ccccc4)cc3)C(=O)NO)C2=O)cc1. The van der Waals surface area contributed by atoms with Crippen LogP contribution in [0.15, 0.2) is 78.9 Å². The van der Waals surface area contributed by atoms with Crippen LogP contribution in [0.25, 0.3) is 11.1 Å². The van der Waals surface area contributed by atoms with Gasteiger partial charge in [-0.3, -0.25) is 14.8 Å². The number of aryl methyl sites for hydroxylation is 1. The van der Waals surface area contributed by atoms with Crippen LogP contribution in [0, 0.1) is 6.92 Å². The summed E-state index contributed by atoms with van der Waals surface area (Å²) in [5.41, 5.74) is 6.29. The van der Waals surface area contributed by atoms with Gasteiger partial charge in [0.1, 0.15) is 6.04 Å². The highest BCUT2D eigenvalue weighted by Crippen LogP contribution is 2.37. The molecule has 0 radical (unpaired) electrons. The van der Waals surface area contributed by atoms with E-state index >= 15 is 0 Å². The maximum absolute atomic E-state index is 13.5. The summed E-state index contributed by atoms with van der Waals surface area (Å²) in [7, 11) is 0. The van der Waals surface area contributed by atoms with Crippen LogP contribution in [-0.4, -0.2) is 34.5 Å². The lowest BCUT2D eigenvalue weighted by atomic mass is 9.81. The van der Waals surface area contributed by atoms with Crippen LogP contribution in [0.1, 0.15) is 30.0 Å². The number of carbonyl (C=O) groups is 2. The van der Waals surface area contributed by atoms with Gasteiger partial charge in [-0.2, -0.15) is 0 Å². The number of nitrogens with zero attached hydrogens (tertiary/aromatic N) is 1. The number of nitrogens with one attached hydrogen (secondary N) is 1. The fourth-order valence-electron chi connectivity index (χ4n) is 4.46. The van der Waals surface area contributed by atoms with Gasteiger partial charge in [-0.25, -0.2) is 5.48 Å². The molecule has 2 amide bonds. The smallest absolute Gasteiger partial charge is 0.266 e. The van der Waals surface area contributed by atoms with Crippen LogP contribution in [0.5, 0.6) is 0 Å². The summed E-state index contributed by atoms with van der Waals surface area (Å²) in [5.74, 6) is -0.658. The maximum atomic E-state index is 13.5. The van der Waals surface area contributed by atoms with Crippen LogP contribution >= 0.6 is 0 Å². The van der Waals surface area contributed by atoms with Crippen LogP contribution in [-0.2, 0) is 21.4 Å². The summed E-state index contributed by atoms with van der Waals surface area (Å²) >= 11 is 0. The summed E-state index contributed by atoms with van der Waals surface area (Å²) in [4.78, 5) is 27.7. The van der Waals surface area contributed by atoms with Crippen LogP contribution in [0.4, 0.5) is 0 Å². The number of carbonyl (C=O) groups excluding carboxylic acids is 2. The van der Waals surface area contributed by atoms with Crippen molar-refractivity contribution in [3.8, 4) is 11.1 Å². The van der Waals surface area contributed by atoms with Crippen molar-refractivity contribution in [2.45, 2.75) is 38.1 Å². The second-order valence-electron chi connectivity index (χ2n) is 8.71. The first-order chi connectivity index (χ1) is 15.4. The molecule has 2 N–H and O–H groups in total. The Balaban J connectivity index is 1.56. The molecule has 1 heterocycles. The summed E-state index contributed by atoms with van der Waals surface area (Å²) in [6.45, 7) is 4.41. The lowest BCUT2D eigenvalue weighted by Crippen LogP contribution is -2.50. The molecule has 1 fully saturated rings. The molecule has 32 heavy (non-hydrogen) atoms. The first-order valence-corrected chi connectivity index (χ1v) is 10.9. The zero-order valence-corrected chi connectivity index (χ0v) is 18.4. The van der Waals surface area contributed by atoms with E-state index in [1.165, 1.54) is 0 Å². The molecule has 0 aliphatic carbocycles. The van der Waals surface area contributed by atoms with E-state index in [2.05, 4.69) is 0 Å². The zero-order valence-electron chi connectivity index (χ0n) is 18.4. The first kappa shape index (κ1) is 21.8. The first-order valence-electron chi connectivity index (χ1n) is 10.9. The van der Waals surface area contributed by atoms with Crippen molar-refractivity contribution in [1.29, 1.82) is 0 Å². The minimum Gasteiger partial charge on any atom is -0.329 e. The van der Waals surface area contributed by atoms with Gasteiger partial charge in [-0.05, 0) is 42.5 Å². The average Bonchev–Trinajstić information content (AvgIpc) is 3.13. The monoisotopic (exact) mass is 428 g/mol. The molecule has 1 saturated heterocycles. The van der Waals surface area contributed by atoms with Gasteiger partial charge in [-0.15, -0.1) is 0 Å². The highest BCUT2D eigenvalue weighted by atomic mass is 16.5. The van der Waals surface area contributed by atoms with E-state index in [4.69, 9.17) is 0 Å². The Morgan fingerprint density at radius 2 is 1.62 bits per heavy atom. The van der Waals surface area contributed by atoms with Crippen molar-refractivity contribution in [2.75, 3.05) is 6.54 Å². The van der Waals surface area contributed by atoms with Crippen molar-refractivity contribution in [2.24, 2.45) is 0 Å². The standard InChI is InChI=1S/C27H28N2O3/c1-19-8-14-23(15-9-19)27(2)16-17-29(26(27)31)24(25(30)28-32)18-20-10-12-22(13-11-20)21-6-4-3-5-7-21/h3-15,24,32H,16-18H2,1-2H3,(H,28,30)/t24-,27?/m1/s1. The molecule has 3 aromatic carbocycles. The molecular formula is C27H28N2O3. The fraction of sp³-hybridized carbons (Fsp3) is 0.259. The summed E-state index contributed by atoms with van der Waals surface area (Å²) in [6, 6.07) is 25.2. The Labute approximate surface area is 188 Å². The zero-order chi connectivity index (χ0) is 22.7. The van der Waals surface area contributed by atoms with E-state index < -0.39 is 17.4 Å². The number of rotatable bonds is 6. The van der Waals surface area contributed by atoms with Crippen molar-refractivity contribution in [3.05, 3.63) is 95.6 Å². The molecular weight excluding hydrogens is 400 g/mol. The third kappa shape index (κ3) is 4.16. The second-order valence-corrected chi connectivity index (χ2v) is 8.71. The van der Waals surface area contributed by atoms with E-state index in [0.717, 1.165) is 27.8 Å². The molecule has 3 aromatic rings. The van der Waals surface area contributed by atoms with Crippen LogP contribution < -0.4 is 5.48 Å². The molecule has 0 saturated carbocycles. The van der Waals surface area contributed by atoms with Gasteiger partial charge in [-0.1, -0.05) is 84.4 Å². The lowest BCUT2D eigenvalue weighted by molar-refractivity contribution is -0.143. The molecule has 0 spiro atoms. The third-order valence-electron chi connectivity index (χ3n) is 6.55. The maximum Gasteiger partial charge on any atom is 0.266 e. The van der Waals surface area contributed by atoms with Gasteiger partial charge in [0.05, 0.1) is 5.41 Å². The number of benzene rings is 3. The largest absolute Gasteiger partial charge is 0.329 e. The van der Waals surface area contributed by atoms with Gasteiger partial charge in [0.15, 0.2) is 0 Å². The summed E-state index contributed by atoms with van der Waals surface area (Å²) in [5, 5.41) is 9.36. The van der Waals surface area contributed by atoms with E-state index in [1.807, 2.05) is 92.7 Å². The Hall–Kier alpha value is -3.44. The number of hydroxylamine groups is 1. The summed E-state index contributed by atoms with van der Waals surface area (Å²) < 4.78 is 0. The predicted molar refractivity (Wildman–Crippen MR) is 124 cm³/mol. The average molecular weight is 429 g/mol. The van der Waals surface area contributed by atoms with Crippen molar-refractivity contribution in [1.82, 2.24) is 10.4 Å². The predicted octanol–water partition coefficient (Wildman–Crippen LogP) is 4.27. The van der Waals surface area contributed by atoms with E-state index in [-0.39, 0.29) is 5.91 Å². The molecule has 1 unspecified atom stereocenters. The number of hydrogen-bond donors (Lipinski definition) is 2. The number of likely N-dealkylation sites (tertiary alicyclic amines) is 1. The van der Waals surface area contributed by atoms with Crippen LogP contribution in [0.3, 0.4) is 0 Å². The number of amides is 2. The molecule has 164 valence electrons. The van der Waals surface area contributed by atoms with Gasteiger partial charge in [0.2, 0.25) is 5.91 Å². The van der Waals surface area contributed by atoms with E-state index in [9.17, 15) is 14.8 Å². The minimum atomic E-state index is -0.776. The van der Waals surface area contributed by atoms with Crippen LogP contribution in [0.2, 0.25) is 0 Å². The topological polar surface area (TPSA) is 69.6 Å². The lowest BCUT2D eigenvalue weighted by Gasteiger charge is -2.29. The third-order valence-corrected chi connectivity index (χ3v) is 6.55. The Morgan fingerprint density at radius 3 is 2.25 bits per heavy atom. The van der Waals surface area contributed by atoms with Gasteiger partial charge >= 0.3 is 0 Å². The molecule has 1 aliphatic heterocycles. The highest BCUT2D eigenvalue weighted by Gasteiger charge is 2.47. The molecule has 2 atom stereocenters. The van der Waals surface area contributed by atoms with Gasteiger partial charge < -0.3 is 4.90 Å². The second kappa shape index (κ2) is 8.97. The number of hydrogen-bond acceptors (Lipinski definition) is 3. The molecule has 5 heteroatoms. The van der Waals surface area contributed by atoms with Crippen molar-refractivity contribution >= 4 is 11.8 Å². The summed E-state index contributed by atoms with van der Waals surface area (Å²) in [6.07, 6.45) is 0.953. The normalized spacial score (nSPS) is 19.1. The van der Waals surface area contributed by atoms with E-state index in [1.54, 1.807) is 10.4 Å². The molecule has 1 aliphatic rings. The molecule has 0 aromatic heterocycles. The van der Waals surface area contributed by atoms with Gasteiger partial charge in [0, 0.05) is 13.0 Å². The molecule has 5 nitrogen and oxygen atoms in total. The quantitative estimate of drug-likeness (QED) is 0.455. The Kier molecular flexibility index (Phi) is 6.10. The fourth-order valence-corrected chi connectivity index (χ4v) is 4.46. The van der Waals surface area contributed by atoms with Gasteiger partial charge in [0.25, 0.3) is 5.91 Å². The minimum absolute atomic E-state index is 0.0872. The Morgan fingerprint density at radius 1 is 1.00 bits per heavy atom. The molecule has 0 bridgehead atoms. The van der Waals surface area contributed by atoms with Crippen molar-refractivity contribution < 1.29 is 14.8 Å². The van der Waals surface area contributed by atoms with Crippen molar-refractivity contribution in [3.63, 3.8) is 0 Å².